The summed E-state index contributed by atoms with van der Waals surface area (Å²) in [5.74, 6) is 0. The first-order valence-corrected chi connectivity index (χ1v) is 9.29. The lowest BCUT2D eigenvalue weighted by atomic mass is 10.1. The van der Waals surface area contributed by atoms with Crippen LogP contribution in [0.25, 0.3) is 0 Å². The largest absolute Gasteiger partial charge is 0.391 e. The first-order chi connectivity index (χ1) is 10.6. The number of hydrogen-bond acceptors (Lipinski definition) is 4. The van der Waals surface area contributed by atoms with Crippen LogP contribution >= 0.6 is 0 Å². The molecule has 0 aromatic heterocycles. The van der Waals surface area contributed by atoms with Gasteiger partial charge in [-0.15, -0.1) is 0 Å². The van der Waals surface area contributed by atoms with Crippen LogP contribution in [0, 0.1) is 0 Å². The van der Waals surface area contributed by atoms with Crippen molar-refractivity contribution in [3.8, 4) is 0 Å². The molecule has 4 heteroatoms. The van der Waals surface area contributed by atoms with Crippen molar-refractivity contribution in [1.29, 1.82) is 0 Å². The van der Waals surface area contributed by atoms with E-state index in [0.717, 1.165) is 19.4 Å². The number of ether oxygens (including phenoxy) is 1. The second-order valence-electron chi connectivity index (χ2n) is 6.80. The third kappa shape index (κ3) is 6.53. The van der Waals surface area contributed by atoms with Crippen molar-refractivity contribution in [3.05, 3.63) is 0 Å². The summed E-state index contributed by atoms with van der Waals surface area (Å²) >= 11 is 0. The Morgan fingerprint density at radius 1 is 0.909 bits per heavy atom. The average Bonchev–Trinajstić information content (AvgIpc) is 2.77. The second-order valence-corrected chi connectivity index (χ2v) is 6.80. The van der Waals surface area contributed by atoms with Gasteiger partial charge in [-0.2, -0.15) is 0 Å². The number of rotatable bonds is 12. The number of nitrogens with zero attached hydrogens (tertiary/aromatic N) is 1. The number of aliphatic hydroxyl groups excluding tert-OH is 2. The standard InChI is InChI=1S/C18H37NO3/c1-4-6-8-9-11-13-22-18-16(21)14-15(20)17(18)19(3)12-10-7-5-2/h15-18,20-21H,4-14H2,1-3H3/t15-,16+,17+,18+/m1/s1. The summed E-state index contributed by atoms with van der Waals surface area (Å²) in [5, 5.41) is 20.4. The third-order valence-electron chi connectivity index (χ3n) is 4.77. The van der Waals surface area contributed by atoms with Crippen LogP contribution in [-0.2, 0) is 4.74 Å². The zero-order valence-electron chi connectivity index (χ0n) is 14.8. The van der Waals surface area contributed by atoms with Crippen molar-refractivity contribution in [3.63, 3.8) is 0 Å². The van der Waals surface area contributed by atoms with Gasteiger partial charge in [0.05, 0.1) is 18.2 Å². The van der Waals surface area contributed by atoms with Crippen molar-refractivity contribution >= 4 is 0 Å². The molecule has 132 valence electrons. The Labute approximate surface area is 136 Å². The molecule has 0 aromatic carbocycles. The fourth-order valence-corrected chi connectivity index (χ4v) is 3.41. The topological polar surface area (TPSA) is 52.9 Å². The van der Waals surface area contributed by atoms with Gasteiger partial charge in [-0.25, -0.2) is 0 Å². The molecule has 2 N–H and O–H groups in total. The molecule has 22 heavy (non-hydrogen) atoms. The van der Waals surface area contributed by atoms with E-state index in [2.05, 4.69) is 18.7 Å². The first-order valence-electron chi connectivity index (χ1n) is 9.29. The number of hydrogen-bond donors (Lipinski definition) is 2. The van der Waals surface area contributed by atoms with E-state index in [0.29, 0.717) is 13.0 Å². The predicted octanol–water partition coefficient (Wildman–Crippen LogP) is 2.96. The molecule has 0 aliphatic heterocycles. The van der Waals surface area contributed by atoms with Gasteiger partial charge in [-0.05, 0) is 26.4 Å². The van der Waals surface area contributed by atoms with Crippen molar-refractivity contribution in [2.75, 3.05) is 20.2 Å². The van der Waals surface area contributed by atoms with E-state index in [1.165, 1.54) is 38.5 Å². The maximum atomic E-state index is 10.2. The Balaban J connectivity index is 2.36. The highest BCUT2D eigenvalue weighted by Crippen LogP contribution is 2.28. The van der Waals surface area contributed by atoms with Gasteiger partial charge in [0.2, 0.25) is 0 Å². The molecule has 1 aliphatic carbocycles. The molecule has 0 spiro atoms. The molecule has 4 atom stereocenters. The fourth-order valence-electron chi connectivity index (χ4n) is 3.41. The van der Waals surface area contributed by atoms with Crippen molar-refractivity contribution in [2.45, 2.75) is 96.0 Å². The molecule has 0 radical (unpaired) electrons. The monoisotopic (exact) mass is 315 g/mol. The molecule has 0 saturated heterocycles. The molecule has 1 saturated carbocycles. The highest BCUT2D eigenvalue weighted by atomic mass is 16.5. The van der Waals surface area contributed by atoms with Gasteiger partial charge in [0, 0.05) is 13.0 Å². The molecule has 0 bridgehead atoms. The molecule has 0 aromatic rings. The van der Waals surface area contributed by atoms with E-state index in [-0.39, 0.29) is 12.1 Å². The van der Waals surface area contributed by atoms with Crippen molar-refractivity contribution < 1.29 is 14.9 Å². The highest BCUT2D eigenvalue weighted by molar-refractivity contribution is 4.98. The Hall–Kier alpha value is -0.160. The van der Waals surface area contributed by atoms with E-state index < -0.39 is 12.2 Å². The highest BCUT2D eigenvalue weighted by Gasteiger charge is 2.44. The molecule has 4 nitrogen and oxygen atoms in total. The fraction of sp³-hybridized carbons (Fsp3) is 1.00. The Morgan fingerprint density at radius 2 is 1.55 bits per heavy atom. The molecule has 0 unspecified atom stereocenters. The zero-order valence-corrected chi connectivity index (χ0v) is 14.8. The molecular formula is C18H37NO3. The summed E-state index contributed by atoms with van der Waals surface area (Å²) in [4.78, 5) is 2.18. The summed E-state index contributed by atoms with van der Waals surface area (Å²) in [6, 6.07) is -0.0671. The number of aliphatic hydroxyl groups is 2. The van der Waals surface area contributed by atoms with Crippen LogP contribution in [-0.4, -0.2) is 59.7 Å². The van der Waals surface area contributed by atoms with Crippen molar-refractivity contribution in [1.82, 2.24) is 4.90 Å². The molecule has 1 rings (SSSR count). The van der Waals surface area contributed by atoms with Crippen LogP contribution in [0.5, 0.6) is 0 Å². The average molecular weight is 315 g/mol. The smallest absolute Gasteiger partial charge is 0.101 e. The minimum Gasteiger partial charge on any atom is -0.391 e. The quantitative estimate of drug-likeness (QED) is 0.544. The Morgan fingerprint density at radius 3 is 2.23 bits per heavy atom. The Kier molecular flexibility index (Phi) is 10.3. The lowest BCUT2D eigenvalue weighted by molar-refractivity contribution is -0.0589. The van der Waals surface area contributed by atoms with E-state index in [4.69, 9.17) is 4.74 Å². The predicted molar refractivity (Wildman–Crippen MR) is 91.1 cm³/mol. The van der Waals surface area contributed by atoms with Gasteiger partial charge >= 0.3 is 0 Å². The number of likely N-dealkylation sites (N-methyl/N-ethyl adjacent to an activating group) is 1. The number of unbranched alkanes of at least 4 members (excludes halogenated alkanes) is 6. The van der Waals surface area contributed by atoms with Gasteiger partial charge in [0.25, 0.3) is 0 Å². The second kappa shape index (κ2) is 11.4. The summed E-state index contributed by atoms with van der Waals surface area (Å²) in [5.41, 5.74) is 0. The first kappa shape index (κ1) is 19.9. The summed E-state index contributed by atoms with van der Waals surface area (Å²) in [6.07, 6.45) is 8.74. The molecule has 0 amide bonds. The van der Waals surface area contributed by atoms with E-state index in [9.17, 15) is 10.2 Å². The molecule has 1 aliphatic rings. The summed E-state index contributed by atoms with van der Waals surface area (Å²) < 4.78 is 5.95. The van der Waals surface area contributed by atoms with Crippen LogP contribution in [0.3, 0.4) is 0 Å². The minimum atomic E-state index is -0.538. The van der Waals surface area contributed by atoms with Crippen LogP contribution in [0.1, 0.15) is 71.6 Å². The van der Waals surface area contributed by atoms with Crippen LogP contribution in [0.15, 0.2) is 0 Å². The van der Waals surface area contributed by atoms with Gasteiger partial charge < -0.3 is 14.9 Å². The maximum absolute atomic E-state index is 10.2. The van der Waals surface area contributed by atoms with Crippen molar-refractivity contribution in [2.24, 2.45) is 0 Å². The van der Waals surface area contributed by atoms with E-state index in [1.807, 2.05) is 7.05 Å². The Bertz CT molecular complexity index is 275. The summed E-state index contributed by atoms with van der Waals surface area (Å²) in [6.45, 7) is 6.06. The lowest BCUT2D eigenvalue weighted by Gasteiger charge is -2.32. The zero-order chi connectivity index (χ0) is 16.4. The van der Waals surface area contributed by atoms with Gasteiger partial charge in [0.1, 0.15) is 6.10 Å². The molecule has 1 fully saturated rings. The van der Waals surface area contributed by atoms with Gasteiger partial charge in [-0.3, -0.25) is 4.90 Å². The molecular weight excluding hydrogens is 278 g/mol. The van der Waals surface area contributed by atoms with Gasteiger partial charge in [0.15, 0.2) is 0 Å². The van der Waals surface area contributed by atoms with Gasteiger partial charge in [-0.1, -0.05) is 52.4 Å². The lowest BCUT2D eigenvalue weighted by Crippen LogP contribution is -2.47. The summed E-state index contributed by atoms with van der Waals surface area (Å²) in [7, 11) is 2.04. The van der Waals surface area contributed by atoms with Crippen LogP contribution < -0.4 is 0 Å². The van der Waals surface area contributed by atoms with Crippen LogP contribution in [0.4, 0.5) is 0 Å². The SMILES string of the molecule is CCCCCCCO[C@@H]1[C@@H](N(C)CCCCC)[C@H](O)C[C@@H]1O. The minimum absolute atomic E-state index is 0.0671. The van der Waals surface area contributed by atoms with Crippen LogP contribution in [0.2, 0.25) is 0 Å². The molecule has 0 heterocycles. The normalized spacial score (nSPS) is 28.6. The maximum Gasteiger partial charge on any atom is 0.101 e. The van der Waals surface area contributed by atoms with E-state index in [1.54, 1.807) is 0 Å². The van der Waals surface area contributed by atoms with E-state index >= 15 is 0 Å². The third-order valence-corrected chi connectivity index (χ3v) is 4.77.